The van der Waals surface area contributed by atoms with Crippen molar-refractivity contribution >= 4 is 40.9 Å². The summed E-state index contributed by atoms with van der Waals surface area (Å²) in [5, 5.41) is 30.6. The predicted octanol–water partition coefficient (Wildman–Crippen LogP) is 6.48. The smallest absolute Gasteiger partial charge is 0.386 e. The number of aromatic nitrogens is 1. The van der Waals surface area contributed by atoms with E-state index in [0.717, 1.165) is 93.3 Å². The molecule has 346 valence electrons. The first-order chi connectivity index (χ1) is 30.8. The van der Waals surface area contributed by atoms with Gasteiger partial charge in [-0.1, -0.05) is 12.1 Å². The third kappa shape index (κ3) is 8.62. The lowest BCUT2D eigenvalue weighted by molar-refractivity contribution is -0.141. The zero-order chi connectivity index (χ0) is 46.2. The number of aliphatic hydroxyl groups excluding tert-OH is 1. The number of piperidine rings is 1. The maximum atomic E-state index is 13.9. The number of hydrogen-bond acceptors (Lipinski definition) is 11. The van der Waals surface area contributed by atoms with Crippen molar-refractivity contribution in [1.82, 2.24) is 25.0 Å². The number of pyridine rings is 1. The SMILES string of the molecule is CN(CC1CCC(N2Cc3cc(C(C)(C)O)c(NC(O)c4cccc(C(F)(F)F)n4)cc3C2=O)CC1)C1CCC2(CC1)CC(Nc1cccc3c1C(=O)N(C1CCC(=O)NC1=O)C3=O)C2. The molecule has 3 aromatic rings. The van der Waals surface area contributed by atoms with Gasteiger partial charge in [-0.05, 0) is 145 Å². The van der Waals surface area contributed by atoms with Gasteiger partial charge in [0.1, 0.15) is 11.7 Å². The number of hydrogen-bond donors (Lipinski definition) is 5. The van der Waals surface area contributed by atoms with Crippen molar-refractivity contribution in [3.05, 3.63) is 87.7 Å². The number of imide groups is 2. The van der Waals surface area contributed by atoms with Crippen LogP contribution in [0.4, 0.5) is 24.5 Å². The van der Waals surface area contributed by atoms with E-state index in [1.54, 1.807) is 38.1 Å². The molecule has 5 amide bonds. The highest BCUT2D eigenvalue weighted by molar-refractivity contribution is 6.25. The van der Waals surface area contributed by atoms with Gasteiger partial charge in [0.2, 0.25) is 11.8 Å². The summed E-state index contributed by atoms with van der Waals surface area (Å²) in [4.78, 5) is 74.1. The molecule has 14 nitrogen and oxygen atoms in total. The molecular weight excluding hydrogens is 844 g/mol. The van der Waals surface area contributed by atoms with Crippen LogP contribution >= 0.6 is 0 Å². The Morgan fingerprint density at radius 3 is 2.28 bits per heavy atom. The lowest BCUT2D eigenvalue weighted by Crippen LogP contribution is -2.54. The molecule has 9 rings (SSSR count). The second kappa shape index (κ2) is 16.8. The third-order valence-corrected chi connectivity index (χ3v) is 15.0. The zero-order valence-electron chi connectivity index (χ0n) is 36.8. The van der Waals surface area contributed by atoms with Crippen LogP contribution < -0.4 is 16.0 Å². The summed E-state index contributed by atoms with van der Waals surface area (Å²) < 4.78 is 40.0. The molecule has 0 radical (unpaired) electrons. The topological polar surface area (TPSA) is 185 Å². The molecule has 0 bridgehead atoms. The van der Waals surface area contributed by atoms with Crippen molar-refractivity contribution in [2.75, 3.05) is 24.2 Å². The Labute approximate surface area is 375 Å². The van der Waals surface area contributed by atoms with E-state index >= 15 is 0 Å². The van der Waals surface area contributed by atoms with Crippen LogP contribution in [-0.4, -0.2) is 97.2 Å². The highest BCUT2D eigenvalue weighted by Gasteiger charge is 2.49. The van der Waals surface area contributed by atoms with Crippen LogP contribution in [0.15, 0.2) is 48.5 Å². The van der Waals surface area contributed by atoms with E-state index < -0.39 is 53.4 Å². The van der Waals surface area contributed by atoms with Gasteiger partial charge in [-0.15, -0.1) is 0 Å². The molecule has 65 heavy (non-hydrogen) atoms. The Hall–Kier alpha value is -5.39. The van der Waals surface area contributed by atoms with Gasteiger partial charge in [-0.25, -0.2) is 4.98 Å². The number of carbonyl (C=O) groups excluding carboxylic acids is 5. The van der Waals surface area contributed by atoms with Gasteiger partial charge in [-0.2, -0.15) is 13.2 Å². The van der Waals surface area contributed by atoms with E-state index in [9.17, 15) is 47.4 Å². The molecule has 17 heteroatoms. The van der Waals surface area contributed by atoms with E-state index in [4.69, 9.17) is 0 Å². The molecule has 2 atom stereocenters. The summed E-state index contributed by atoms with van der Waals surface area (Å²) in [5.41, 5.74) is 0.459. The monoisotopic (exact) mass is 899 g/mol. The summed E-state index contributed by atoms with van der Waals surface area (Å²) in [5.74, 6) is -1.69. The van der Waals surface area contributed by atoms with Crippen molar-refractivity contribution < 1.29 is 47.4 Å². The molecule has 3 saturated carbocycles. The van der Waals surface area contributed by atoms with E-state index in [0.29, 0.717) is 40.9 Å². The minimum atomic E-state index is -4.69. The summed E-state index contributed by atoms with van der Waals surface area (Å²) in [6, 6.07) is 11.5. The summed E-state index contributed by atoms with van der Waals surface area (Å²) in [7, 11) is 2.22. The highest BCUT2D eigenvalue weighted by Crippen LogP contribution is 2.53. The van der Waals surface area contributed by atoms with Crippen LogP contribution in [0.3, 0.4) is 0 Å². The number of amides is 5. The van der Waals surface area contributed by atoms with Gasteiger partial charge in [0.15, 0.2) is 6.23 Å². The quantitative estimate of drug-likeness (QED) is 0.105. The maximum absolute atomic E-state index is 13.9. The Balaban J connectivity index is 0.749. The number of anilines is 2. The van der Waals surface area contributed by atoms with Gasteiger partial charge in [0.25, 0.3) is 17.7 Å². The lowest BCUT2D eigenvalue weighted by Gasteiger charge is -2.53. The minimum absolute atomic E-state index is 0.0490. The van der Waals surface area contributed by atoms with Crippen molar-refractivity contribution in [1.29, 1.82) is 0 Å². The van der Waals surface area contributed by atoms with E-state index in [2.05, 4.69) is 32.9 Å². The molecule has 4 heterocycles. The van der Waals surface area contributed by atoms with E-state index in [1.165, 1.54) is 6.07 Å². The van der Waals surface area contributed by atoms with Gasteiger partial charge < -0.3 is 30.6 Å². The first kappa shape index (κ1) is 44.8. The fraction of sp³-hybridized carbons (Fsp3) is 0.542. The number of carbonyl (C=O) groups is 5. The summed E-state index contributed by atoms with van der Waals surface area (Å²) in [6.07, 6.45) is 3.96. The number of fused-ring (bicyclic) bond motifs is 2. The Morgan fingerprint density at radius 1 is 0.892 bits per heavy atom. The number of alkyl halides is 3. The van der Waals surface area contributed by atoms with Crippen LogP contribution in [0.5, 0.6) is 0 Å². The summed E-state index contributed by atoms with van der Waals surface area (Å²) >= 11 is 0. The van der Waals surface area contributed by atoms with Gasteiger partial charge in [-0.3, -0.25) is 34.2 Å². The molecule has 2 unspecified atom stereocenters. The normalized spacial score (nSPS) is 27.5. The van der Waals surface area contributed by atoms with E-state index in [1.807, 2.05) is 11.0 Å². The van der Waals surface area contributed by atoms with Crippen molar-refractivity contribution in [2.24, 2.45) is 11.3 Å². The average Bonchev–Trinajstić information content (AvgIpc) is 3.71. The van der Waals surface area contributed by atoms with Crippen LogP contribution in [-0.2, 0) is 27.9 Å². The highest BCUT2D eigenvalue weighted by atomic mass is 19.4. The number of nitrogens with zero attached hydrogens (tertiary/aromatic N) is 4. The predicted molar refractivity (Wildman–Crippen MR) is 232 cm³/mol. The fourth-order valence-electron chi connectivity index (χ4n) is 11.5. The first-order valence-electron chi connectivity index (χ1n) is 22.8. The number of aliphatic hydroxyl groups is 2. The Bertz CT molecular complexity index is 2410. The zero-order valence-corrected chi connectivity index (χ0v) is 36.8. The maximum Gasteiger partial charge on any atom is 0.433 e. The van der Waals surface area contributed by atoms with Crippen LogP contribution in [0.1, 0.15) is 151 Å². The Morgan fingerprint density at radius 2 is 1.60 bits per heavy atom. The molecule has 1 aromatic heterocycles. The number of nitrogens with one attached hydrogen (secondary N) is 3. The van der Waals surface area contributed by atoms with Gasteiger partial charge in [0, 0.05) is 60.1 Å². The van der Waals surface area contributed by atoms with Crippen LogP contribution in [0.2, 0.25) is 0 Å². The molecule has 2 aromatic carbocycles. The average molecular weight is 900 g/mol. The summed E-state index contributed by atoms with van der Waals surface area (Å²) in [6.45, 7) is 4.52. The molecule has 4 fully saturated rings. The lowest BCUT2D eigenvalue weighted by atomic mass is 9.57. The van der Waals surface area contributed by atoms with Crippen LogP contribution in [0, 0.1) is 11.3 Å². The second-order valence-corrected chi connectivity index (χ2v) is 19.8. The van der Waals surface area contributed by atoms with Crippen molar-refractivity contribution in [3.63, 3.8) is 0 Å². The molecular formula is C48H56F3N7O7. The molecule has 5 N–H and O–H groups in total. The number of halogens is 3. The molecule has 1 saturated heterocycles. The Kier molecular flexibility index (Phi) is 11.6. The molecule has 6 aliphatic rings. The van der Waals surface area contributed by atoms with E-state index in [-0.39, 0.29) is 53.2 Å². The van der Waals surface area contributed by atoms with Crippen molar-refractivity contribution in [3.8, 4) is 0 Å². The van der Waals surface area contributed by atoms with Crippen molar-refractivity contribution in [2.45, 2.75) is 140 Å². The van der Waals surface area contributed by atoms with Gasteiger partial charge in [0.05, 0.1) is 22.4 Å². The molecule has 1 spiro atoms. The standard InChI is InChI=1S/C48H56F3N7O7/c1-46(2,65)33-20-27-25-57(43(62)32(27)21-36(33)54-41(60)35-8-5-9-38(53-35)48(49,50)51)30-12-10-26(11-13-30)24-56(3)29-16-18-47(19-17-29)22-28(23-47)52-34-7-4-6-31-40(34)45(64)58(44(31)63)37-14-15-39(59)55-42(37)61/h4-9,20-21,26,28-30,37,41,52,54,60,65H,10-19,22-25H2,1-3H3,(H,55,59,61). The largest absolute Gasteiger partial charge is 0.433 e. The number of rotatable bonds is 11. The third-order valence-electron chi connectivity index (χ3n) is 15.0. The van der Waals surface area contributed by atoms with Gasteiger partial charge >= 0.3 is 6.18 Å². The molecule has 3 aliphatic heterocycles. The van der Waals surface area contributed by atoms with Crippen LogP contribution in [0.25, 0.3) is 0 Å². The first-order valence-corrected chi connectivity index (χ1v) is 22.8. The second-order valence-electron chi connectivity index (χ2n) is 19.8. The minimum Gasteiger partial charge on any atom is -0.386 e. The molecule has 3 aliphatic carbocycles. The number of benzene rings is 2. The fourth-order valence-corrected chi connectivity index (χ4v) is 11.5.